The van der Waals surface area contributed by atoms with Crippen LogP contribution in [0.4, 0.5) is 0 Å². The first kappa shape index (κ1) is 48.1. The van der Waals surface area contributed by atoms with Crippen LogP contribution in [0.25, 0.3) is 0 Å². The molecular formula is C36H64O18. The summed E-state index contributed by atoms with van der Waals surface area (Å²) in [4.78, 5) is 34.4. The average Bonchev–Trinajstić information content (AvgIpc) is 3.12. The predicted octanol–water partition coefficient (Wildman–Crippen LogP) is -0.212. The Morgan fingerprint density at radius 1 is 0.630 bits per heavy atom. The average molecular weight is 785 g/mol. The summed E-state index contributed by atoms with van der Waals surface area (Å²) in [5.74, 6) is -2.67. The normalized spacial score (nSPS) is 30.3. The summed E-state index contributed by atoms with van der Waals surface area (Å²) >= 11 is 0. The van der Waals surface area contributed by atoms with E-state index in [2.05, 4.69) is 0 Å². The number of ether oxygens (including phenoxy) is 6. The van der Waals surface area contributed by atoms with Gasteiger partial charge in [-0.2, -0.15) is 0 Å². The van der Waals surface area contributed by atoms with E-state index in [-0.39, 0.29) is 19.4 Å². The van der Waals surface area contributed by atoms with Crippen molar-refractivity contribution in [3.8, 4) is 0 Å². The lowest BCUT2D eigenvalue weighted by Gasteiger charge is -2.46. The molecule has 0 amide bonds. The van der Waals surface area contributed by atoms with Crippen molar-refractivity contribution in [3.05, 3.63) is 0 Å². The van der Waals surface area contributed by atoms with Crippen molar-refractivity contribution < 1.29 is 88.8 Å². The lowest BCUT2D eigenvalue weighted by Crippen LogP contribution is -2.65. The van der Waals surface area contributed by atoms with Crippen LogP contribution >= 0.6 is 0 Å². The van der Waals surface area contributed by atoms with Gasteiger partial charge < -0.3 is 74.4 Å². The third kappa shape index (κ3) is 17.4. The molecule has 0 bridgehead atoms. The quantitative estimate of drug-likeness (QED) is 0.0385. The van der Waals surface area contributed by atoms with Crippen molar-refractivity contribution in [1.29, 1.82) is 0 Å². The van der Waals surface area contributed by atoms with Crippen molar-refractivity contribution in [3.63, 3.8) is 0 Å². The molecule has 0 aliphatic carbocycles. The van der Waals surface area contributed by atoms with Crippen LogP contribution in [0.2, 0.25) is 0 Å². The lowest BCUT2D eigenvalue weighted by molar-refractivity contribution is -0.360. The molecule has 0 spiro atoms. The zero-order chi connectivity index (χ0) is 40.2. The standard InChI is InChI=1S/C36H64O18/c1-3-14-22(38)17-27(41)50-19-25-28(42)29(43)31(45)36(52-25)54-33-26(20-49-21(2)37)53-35(32(46)30(33)44)51-18-23(39)15-12-10-8-6-4-5-7-9-11-13-16-24(40)34(47)48/h22-26,28-33,35-36,38-40,42-46H,3-20H2,1-2H3,(H,47,48)/t22?,23?,24?,25-,26-,28-,29+,30-,31-,32-,33-,35-,36+/m1/s1. The van der Waals surface area contributed by atoms with Crippen molar-refractivity contribution in [2.24, 2.45) is 0 Å². The summed E-state index contributed by atoms with van der Waals surface area (Å²) in [6.45, 7) is 1.67. The van der Waals surface area contributed by atoms with Crippen LogP contribution in [0.3, 0.4) is 0 Å². The van der Waals surface area contributed by atoms with E-state index in [0.29, 0.717) is 25.7 Å². The van der Waals surface area contributed by atoms with Gasteiger partial charge in [-0.15, -0.1) is 0 Å². The summed E-state index contributed by atoms with van der Waals surface area (Å²) in [5.41, 5.74) is 0. The van der Waals surface area contributed by atoms with Gasteiger partial charge in [0.25, 0.3) is 0 Å². The highest BCUT2D eigenvalue weighted by Crippen LogP contribution is 2.30. The topological polar surface area (TPSA) is 289 Å². The van der Waals surface area contributed by atoms with Crippen LogP contribution < -0.4 is 0 Å². The minimum Gasteiger partial charge on any atom is -0.479 e. The van der Waals surface area contributed by atoms with Gasteiger partial charge in [-0.25, -0.2) is 4.79 Å². The number of carbonyl (C=O) groups is 3. The molecule has 13 atom stereocenters. The third-order valence-electron chi connectivity index (χ3n) is 9.49. The van der Waals surface area contributed by atoms with E-state index in [4.69, 9.17) is 33.5 Å². The highest BCUT2D eigenvalue weighted by atomic mass is 16.7. The number of rotatable bonds is 27. The second kappa shape index (κ2) is 26.0. The molecular weight excluding hydrogens is 720 g/mol. The molecule has 18 nitrogen and oxygen atoms in total. The molecule has 316 valence electrons. The van der Waals surface area contributed by atoms with E-state index in [0.717, 1.165) is 64.7 Å². The maximum Gasteiger partial charge on any atom is 0.332 e. The molecule has 2 aliphatic rings. The second-order valence-electron chi connectivity index (χ2n) is 14.2. The monoisotopic (exact) mass is 784 g/mol. The molecule has 0 aromatic rings. The number of carbonyl (C=O) groups excluding carboxylic acids is 2. The first-order chi connectivity index (χ1) is 25.7. The number of hydrogen-bond acceptors (Lipinski definition) is 17. The van der Waals surface area contributed by atoms with Crippen molar-refractivity contribution in [2.45, 2.75) is 190 Å². The van der Waals surface area contributed by atoms with Gasteiger partial charge in [0.15, 0.2) is 18.7 Å². The van der Waals surface area contributed by atoms with Gasteiger partial charge in [0, 0.05) is 6.92 Å². The Bertz CT molecular complexity index is 1060. The van der Waals surface area contributed by atoms with Gasteiger partial charge in [-0.05, 0) is 19.3 Å². The van der Waals surface area contributed by atoms with E-state index in [9.17, 15) is 55.2 Å². The van der Waals surface area contributed by atoms with Crippen molar-refractivity contribution >= 4 is 17.9 Å². The number of aliphatic carboxylic acids is 1. The summed E-state index contributed by atoms with van der Waals surface area (Å²) in [6, 6.07) is 0. The minimum absolute atomic E-state index is 0.242. The van der Waals surface area contributed by atoms with Gasteiger partial charge in [0.2, 0.25) is 0 Å². The Morgan fingerprint density at radius 3 is 1.74 bits per heavy atom. The summed E-state index contributed by atoms with van der Waals surface area (Å²) in [5, 5.41) is 91.8. The Hall–Kier alpha value is -2.07. The molecule has 3 unspecified atom stereocenters. The van der Waals surface area contributed by atoms with Crippen LogP contribution in [-0.4, -0.2) is 163 Å². The van der Waals surface area contributed by atoms with E-state index >= 15 is 0 Å². The predicted molar refractivity (Wildman–Crippen MR) is 186 cm³/mol. The van der Waals surface area contributed by atoms with E-state index in [1.165, 1.54) is 0 Å². The Kier molecular flexibility index (Phi) is 23.1. The number of unbranched alkanes of at least 4 members (excludes halogenated alkanes) is 9. The SMILES string of the molecule is CCCC(O)CC(=O)OC[C@H]1O[C@@H](O[C@H]2[C@H](O)[C@@H](O)[C@H](OCC(O)CCCCCCCCCCCCC(O)C(=O)O)O[C@@H]2COC(C)=O)[C@H](O)[C@@H](O)[C@@H]1O. The maximum absolute atomic E-state index is 12.1. The molecule has 54 heavy (non-hydrogen) atoms. The first-order valence-electron chi connectivity index (χ1n) is 19.2. The molecule has 0 radical (unpaired) electrons. The van der Waals surface area contributed by atoms with Gasteiger partial charge in [-0.3, -0.25) is 9.59 Å². The van der Waals surface area contributed by atoms with E-state index in [1.54, 1.807) is 0 Å². The number of aliphatic hydroxyl groups is 8. The van der Waals surface area contributed by atoms with Crippen LogP contribution in [0.15, 0.2) is 0 Å². The number of hydrogen-bond donors (Lipinski definition) is 9. The molecule has 18 heteroatoms. The van der Waals surface area contributed by atoms with E-state index < -0.39 is 111 Å². The van der Waals surface area contributed by atoms with Crippen LogP contribution in [-0.2, 0) is 42.8 Å². The number of carboxylic acids is 1. The largest absolute Gasteiger partial charge is 0.479 e. The summed E-state index contributed by atoms with van der Waals surface area (Å²) in [6.07, 6.45) is -8.72. The highest BCUT2D eigenvalue weighted by Gasteiger charge is 2.51. The van der Waals surface area contributed by atoms with Crippen LogP contribution in [0.5, 0.6) is 0 Å². The number of aliphatic hydroxyl groups excluding tert-OH is 8. The molecule has 9 N–H and O–H groups in total. The minimum atomic E-state index is -1.87. The lowest BCUT2D eigenvalue weighted by atomic mass is 9.97. The molecule has 0 aromatic heterocycles. The number of esters is 2. The first-order valence-corrected chi connectivity index (χ1v) is 19.2. The molecule has 0 saturated carbocycles. The highest BCUT2D eigenvalue weighted by molar-refractivity contribution is 5.71. The van der Waals surface area contributed by atoms with Crippen LogP contribution in [0, 0.1) is 0 Å². The fourth-order valence-electron chi connectivity index (χ4n) is 6.27. The second-order valence-corrected chi connectivity index (χ2v) is 14.2. The van der Waals surface area contributed by atoms with Crippen LogP contribution in [0.1, 0.15) is 110 Å². The van der Waals surface area contributed by atoms with Crippen molar-refractivity contribution in [1.82, 2.24) is 0 Å². The fraction of sp³-hybridized carbons (Fsp3) is 0.917. The molecule has 2 saturated heterocycles. The zero-order valence-electron chi connectivity index (χ0n) is 31.4. The van der Waals surface area contributed by atoms with Gasteiger partial charge in [0.05, 0.1) is 25.2 Å². The fourth-order valence-corrected chi connectivity index (χ4v) is 6.27. The molecule has 2 aliphatic heterocycles. The summed E-state index contributed by atoms with van der Waals surface area (Å²) < 4.78 is 32.9. The van der Waals surface area contributed by atoms with Gasteiger partial charge in [0.1, 0.15) is 62.0 Å². The Labute approximate surface area is 316 Å². The molecule has 0 aromatic carbocycles. The number of carboxylic acid groups (broad SMARTS) is 1. The Balaban J connectivity index is 1.81. The Morgan fingerprint density at radius 2 is 1.17 bits per heavy atom. The molecule has 2 fully saturated rings. The van der Waals surface area contributed by atoms with Gasteiger partial charge in [-0.1, -0.05) is 77.6 Å². The van der Waals surface area contributed by atoms with E-state index in [1.807, 2.05) is 6.92 Å². The van der Waals surface area contributed by atoms with Gasteiger partial charge >= 0.3 is 17.9 Å². The molecule has 2 rings (SSSR count). The molecule has 2 heterocycles. The third-order valence-corrected chi connectivity index (χ3v) is 9.49. The smallest absolute Gasteiger partial charge is 0.332 e. The zero-order valence-corrected chi connectivity index (χ0v) is 31.4. The maximum atomic E-state index is 12.1. The summed E-state index contributed by atoms with van der Waals surface area (Å²) in [7, 11) is 0. The van der Waals surface area contributed by atoms with Crippen molar-refractivity contribution in [2.75, 3.05) is 19.8 Å².